The molecule has 5 nitrogen and oxygen atoms in total. The van der Waals surface area contributed by atoms with Crippen molar-refractivity contribution >= 4 is 34.9 Å². The van der Waals surface area contributed by atoms with Crippen molar-refractivity contribution in [3.8, 4) is 0 Å². The molecule has 0 bridgehead atoms. The van der Waals surface area contributed by atoms with Gasteiger partial charge in [-0.15, -0.1) is 0 Å². The van der Waals surface area contributed by atoms with Crippen LogP contribution < -0.4 is 5.32 Å². The number of ether oxygens (including phenoxy) is 1. The highest BCUT2D eigenvalue weighted by molar-refractivity contribution is 6.30. The number of halogens is 2. The van der Waals surface area contributed by atoms with Gasteiger partial charge in [0.1, 0.15) is 5.82 Å². The first kappa shape index (κ1) is 21.6. The Bertz CT molecular complexity index is 880. The molecule has 0 fully saturated rings. The molecule has 7 heteroatoms. The van der Waals surface area contributed by atoms with Gasteiger partial charge in [0.05, 0.1) is 11.5 Å². The summed E-state index contributed by atoms with van der Waals surface area (Å²) in [6.45, 7) is 4.44. The molecule has 2 aromatic rings. The summed E-state index contributed by atoms with van der Waals surface area (Å²) >= 11 is 5.88. The third-order valence-electron chi connectivity index (χ3n) is 4.09. The van der Waals surface area contributed by atoms with E-state index in [-0.39, 0.29) is 23.1 Å². The lowest BCUT2D eigenvalue weighted by atomic mass is 9.88. The number of amides is 1. The van der Waals surface area contributed by atoms with Crippen molar-refractivity contribution in [3.05, 3.63) is 64.4 Å². The predicted octanol–water partition coefficient (Wildman–Crippen LogP) is 4.60. The van der Waals surface area contributed by atoms with Crippen molar-refractivity contribution in [1.82, 2.24) is 0 Å². The number of carbonyl (C=O) groups is 3. The van der Waals surface area contributed by atoms with E-state index >= 15 is 0 Å². The molecule has 148 valence electrons. The molecule has 0 aliphatic rings. The quantitative estimate of drug-likeness (QED) is 0.539. The lowest BCUT2D eigenvalue weighted by Gasteiger charge is -2.20. The fraction of sp³-hybridized carbons (Fsp3) is 0.286. The number of carbonyl (C=O) groups excluding carboxylic acids is 3. The molecule has 2 rings (SSSR count). The molecule has 0 spiro atoms. The monoisotopic (exact) mass is 405 g/mol. The van der Waals surface area contributed by atoms with E-state index in [0.717, 1.165) is 11.6 Å². The van der Waals surface area contributed by atoms with Crippen molar-refractivity contribution in [2.75, 3.05) is 11.9 Å². The van der Waals surface area contributed by atoms with Gasteiger partial charge in [-0.3, -0.25) is 14.4 Å². The van der Waals surface area contributed by atoms with Crippen LogP contribution in [-0.2, 0) is 14.3 Å². The molecule has 0 unspecified atom stereocenters. The van der Waals surface area contributed by atoms with Crippen molar-refractivity contribution in [2.24, 2.45) is 5.92 Å². The number of esters is 1. The molecule has 0 aromatic heterocycles. The first-order valence-corrected chi connectivity index (χ1v) is 9.09. The Morgan fingerprint density at radius 1 is 1.11 bits per heavy atom. The van der Waals surface area contributed by atoms with E-state index in [9.17, 15) is 18.8 Å². The zero-order chi connectivity index (χ0) is 20.8. The van der Waals surface area contributed by atoms with Crippen LogP contribution in [0, 0.1) is 11.7 Å². The second-order valence-corrected chi connectivity index (χ2v) is 7.12. The number of hydrogen-bond acceptors (Lipinski definition) is 4. The smallest absolute Gasteiger partial charge is 0.314 e. The van der Waals surface area contributed by atoms with Crippen LogP contribution in [0.25, 0.3) is 0 Å². The number of nitrogens with one attached hydrogen (secondary N) is 1. The van der Waals surface area contributed by atoms with Crippen molar-refractivity contribution in [1.29, 1.82) is 0 Å². The molecule has 2 aromatic carbocycles. The first-order chi connectivity index (χ1) is 13.2. The summed E-state index contributed by atoms with van der Waals surface area (Å²) < 4.78 is 19.3. The van der Waals surface area contributed by atoms with E-state index in [1.54, 1.807) is 24.3 Å². The average molecular weight is 406 g/mol. The fourth-order valence-corrected chi connectivity index (χ4v) is 2.92. The van der Waals surface area contributed by atoms with Crippen LogP contribution in [-0.4, -0.2) is 24.3 Å². The van der Waals surface area contributed by atoms with Gasteiger partial charge in [0.15, 0.2) is 6.61 Å². The molecule has 0 saturated carbocycles. The zero-order valence-electron chi connectivity index (χ0n) is 15.8. The van der Waals surface area contributed by atoms with E-state index in [0.29, 0.717) is 5.02 Å². The molecule has 1 amide bonds. The van der Waals surface area contributed by atoms with Crippen LogP contribution in [0.5, 0.6) is 0 Å². The molecular formula is C21H21ClFNO4. The Balaban J connectivity index is 2.07. The molecule has 0 radical (unpaired) electrons. The minimum atomic E-state index is -0.801. The Labute approximate surface area is 167 Å². The molecule has 0 heterocycles. The summed E-state index contributed by atoms with van der Waals surface area (Å²) in [5.74, 6) is -3.03. The van der Waals surface area contributed by atoms with Gasteiger partial charge >= 0.3 is 5.97 Å². The summed E-state index contributed by atoms with van der Waals surface area (Å²) in [6, 6.07) is 10.5. The third kappa shape index (κ3) is 5.63. The molecule has 1 N–H and O–H groups in total. The van der Waals surface area contributed by atoms with Gasteiger partial charge in [-0.25, -0.2) is 4.39 Å². The van der Waals surface area contributed by atoms with Gasteiger partial charge in [0.25, 0.3) is 0 Å². The molecule has 28 heavy (non-hydrogen) atoms. The Hall–Kier alpha value is -2.73. The molecule has 0 saturated heterocycles. The van der Waals surface area contributed by atoms with Gasteiger partial charge in [-0.05, 0) is 41.8 Å². The van der Waals surface area contributed by atoms with Crippen molar-refractivity contribution in [2.45, 2.75) is 26.7 Å². The summed E-state index contributed by atoms with van der Waals surface area (Å²) in [4.78, 5) is 35.8. The van der Waals surface area contributed by atoms with Crippen LogP contribution in [0.15, 0.2) is 42.5 Å². The maximum atomic E-state index is 14.1. The van der Waals surface area contributed by atoms with Crippen LogP contribution in [0.4, 0.5) is 10.1 Å². The highest BCUT2D eigenvalue weighted by Crippen LogP contribution is 2.27. The van der Waals surface area contributed by atoms with E-state index < -0.39 is 30.1 Å². The Kier molecular flexibility index (Phi) is 7.29. The summed E-state index contributed by atoms with van der Waals surface area (Å²) in [7, 11) is 0. The lowest BCUT2D eigenvalue weighted by Crippen LogP contribution is -2.24. The number of anilines is 1. The SMILES string of the molecule is CC(=O)Nc1ccc(C(=O)COC(=O)[C@H](c2ccc(Cl)cc2)C(C)C)c(F)c1. The molecular weight excluding hydrogens is 385 g/mol. The van der Waals surface area contributed by atoms with E-state index in [2.05, 4.69) is 5.32 Å². The number of hydrogen-bond donors (Lipinski definition) is 1. The largest absolute Gasteiger partial charge is 0.457 e. The lowest BCUT2D eigenvalue weighted by molar-refractivity contribution is -0.145. The first-order valence-electron chi connectivity index (χ1n) is 8.71. The summed E-state index contributed by atoms with van der Waals surface area (Å²) in [5, 5.41) is 2.98. The van der Waals surface area contributed by atoms with Crippen LogP contribution in [0.1, 0.15) is 42.6 Å². The van der Waals surface area contributed by atoms with E-state index in [4.69, 9.17) is 16.3 Å². The fourth-order valence-electron chi connectivity index (χ4n) is 2.79. The molecule has 1 atom stereocenters. The van der Waals surface area contributed by atoms with Crippen LogP contribution in [0.3, 0.4) is 0 Å². The van der Waals surface area contributed by atoms with E-state index in [1.807, 2.05) is 13.8 Å². The summed E-state index contributed by atoms with van der Waals surface area (Å²) in [6.07, 6.45) is 0. The third-order valence-corrected chi connectivity index (χ3v) is 4.34. The van der Waals surface area contributed by atoms with Crippen molar-refractivity contribution in [3.63, 3.8) is 0 Å². The maximum Gasteiger partial charge on any atom is 0.314 e. The normalized spacial score (nSPS) is 11.8. The average Bonchev–Trinajstić information content (AvgIpc) is 2.61. The second kappa shape index (κ2) is 9.46. The highest BCUT2D eigenvalue weighted by Gasteiger charge is 2.27. The minimum Gasteiger partial charge on any atom is -0.457 e. The Morgan fingerprint density at radius 3 is 2.29 bits per heavy atom. The molecule has 0 aliphatic heterocycles. The summed E-state index contributed by atoms with van der Waals surface area (Å²) in [5.41, 5.74) is 0.748. The standard InChI is InChI=1S/C21H21ClFNO4/c1-12(2)20(14-4-6-15(22)7-5-14)21(27)28-11-19(26)17-9-8-16(10-18(17)23)24-13(3)25/h4-10,12,20H,11H2,1-3H3,(H,24,25)/t20-/m0/s1. The van der Waals surface area contributed by atoms with Crippen LogP contribution in [0.2, 0.25) is 5.02 Å². The minimum absolute atomic E-state index is 0.0718. The number of benzene rings is 2. The highest BCUT2D eigenvalue weighted by atomic mass is 35.5. The Morgan fingerprint density at radius 2 is 1.75 bits per heavy atom. The zero-order valence-corrected chi connectivity index (χ0v) is 16.5. The van der Waals surface area contributed by atoms with Gasteiger partial charge in [-0.1, -0.05) is 37.6 Å². The van der Waals surface area contributed by atoms with Gasteiger partial charge in [-0.2, -0.15) is 0 Å². The van der Waals surface area contributed by atoms with Gasteiger partial charge in [0.2, 0.25) is 11.7 Å². The predicted molar refractivity (Wildman–Crippen MR) is 105 cm³/mol. The second-order valence-electron chi connectivity index (χ2n) is 6.68. The number of ketones is 1. The number of rotatable bonds is 7. The topological polar surface area (TPSA) is 72.5 Å². The van der Waals surface area contributed by atoms with E-state index in [1.165, 1.54) is 19.1 Å². The number of Topliss-reactive ketones (excluding diaryl/α,β-unsaturated/α-hetero) is 1. The van der Waals surface area contributed by atoms with Crippen LogP contribution >= 0.6 is 11.6 Å². The van der Waals surface area contributed by atoms with Gasteiger partial charge in [0, 0.05) is 17.6 Å². The van der Waals surface area contributed by atoms with Gasteiger partial charge < -0.3 is 10.1 Å². The van der Waals surface area contributed by atoms with Crippen molar-refractivity contribution < 1.29 is 23.5 Å². The maximum absolute atomic E-state index is 14.1. The molecule has 0 aliphatic carbocycles.